The van der Waals surface area contributed by atoms with E-state index in [2.05, 4.69) is 30.2 Å². The van der Waals surface area contributed by atoms with Gasteiger partial charge in [-0.3, -0.25) is 9.59 Å². The highest BCUT2D eigenvalue weighted by molar-refractivity contribution is 7.92. The molecule has 0 aliphatic rings. The fourth-order valence-corrected chi connectivity index (χ4v) is 3.01. The van der Waals surface area contributed by atoms with Gasteiger partial charge in [-0.25, -0.2) is 28.2 Å². The minimum atomic E-state index is -3.87. The molecule has 0 aliphatic carbocycles. The smallest absolute Gasteiger partial charge is 0.276 e. The minimum absolute atomic E-state index is 0.0181. The Bertz CT molecular complexity index is 1120. The number of carbonyl (C=O) groups is 1. The topological polar surface area (TPSA) is 147 Å². The summed E-state index contributed by atoms with van der Waals surface area (Å²) in [6, 6.07) is 9.61. The number of amides is 1. The summed E-state index contributed by atoms with van der Waals surface area (Å²) < 4.78 is 27.0. The van der Waals surface area contributed by atoms with Crippen LogP contribution in [-0.2, 0) is 10.0 Å². The Morgan fingerprint density at radius 2 is 1.81 bits per heavy atom. The summed E-state index contributed by atoms with van der Waals surface area (Å²) in [6.45, 7) is 1.72. The number of H-pyrrole nitrogens is 1. The second kappa shape index (κ2) is 7.33. The zero-order valence-electron chi connectivity index (χ0n) is 14.0. The standard InChI is InChI=1S/C16H14N6O4S/c1-10-8-9-17-16(18-10)22-27(25,26)12-4-2-11(3-5-12)19-15(24)13-6-7-14(23)21-20-13/h2-9H,1H3,(H,19,24)(H,21,23)(H,17,18,22). The number of hydrogen-bond acceptors (Lipinski definition) is 7. The number of anilines is 2. The number of nitrogens with one attached hydrogen (secondary N) is 3. The van der Waals surface area contributed by atoms with Crippen LogP contribution in [0.2, 0.25) is 0 Å². The first-order valence-electron chi connectivity index (χ1n) is 7.63. The van der Waals surface area contributed by atoms with Crippen molar-refractivity contribution in [2.45, 2.75) is 11.8 Å². The van der Waals surface area contributed by atoms with Gasteiger partial charge >= 0.3 is 0 Å². The number of nitrogens with zero attached hydrogens (tertiary/aromatic N) is 3. The van der Waals surface area contributed by atoms with E-state index in [4.69, 9.17) is 0 Å². The van der Waals surface area contributed by atoms with Gasteiger partial charge < -0.3 is 5.32 Å². The summed E-state index contributed by atoms with van der Waals surface area (Å²) in [7, 11) is -3.87. The van der Waals surface area contributed by atoms with Gasteiger partial charge in [0, 0.05) is 23.6 Å². The van der Waals surface area contributed by atoms with Gasteiger partial charge in [0.15, 0.2) is 0 Å². The molecule has 3 N–H and O–H groups in total. The molecule has 11 heteroatoms. The SMILES string of the molecule is Cc1ccnc(NS(=O)(=O)c2ccc(NC(=O)c3ccc(=O)[nH]n3)cc2)n1. The summed E-state index contributed by atoms with van der Waals surface area (Å²) in [6.07, 6.45) is 1.45. The molecule has 2 aromatic heterocycles. The van der Waals surface area contributed by atoms with Crippen molar-refractivity contribution < 1.29 is 13.2 Å². The summed E-state index contributed by atoms with van der Waals surface area (Å²) in [5.74, 6) is -0.579. The Morgan fingerprint density at radius 1 is 1.07 bits per heavy atom. The van der Waals surface area contributed by atoms with Crippen molar-refractivity contribution in [1.82, 2.24) is 20.2 Å². The Labute approximate surface area is 153 Å². The van der Waals surface area contributed by atoms with Crippen LogP contribution in [0.5, 0.6) is 0 Å². The average molecular weight is 386 g/mol. The number of aromatic nitrogens is 4. The molecule has 138 valence electrons. The summed E-state index contributed by atoms with van der Waals surface area (Å²) >= 11 is 0. The lowest BCUT2D eigenvalue weighted by molar-refractivity contribution is 0.102. The highest BCUT2D eigenvalue weighted by atomic mass is 32.2. The number of carbonyl (C=O) groups excluding carboxylic acids is 1. The average Bonchev–Trinajstić information content (AvgIpc) is 2.62. The molecule has 0 bridgehead atoms. The number of aryl methyl sites for hydroxylation is 1. The third-order valence-corrected chi connectivity index (χ3v) is 4.70. The predicted molar refractivity (Wildman–Crippen MR) is 96.8 cm³/mol. The molecule has 3 aromatic rings. The van der Waals surface area contributed by atoms with Crippen LogP contribution in [0.25, 0.3) is 0 Å². The van der Waals surface area contributed by atoms with Crippen LogP contribution in [0.4, 0.5) is 11.6 Å². The number of hydrogen-bond donors (Lipinski definition) is 3. The third-order valence-electron chi connectivity index (χ3n) is 3.35. The Kier molecular flexibility index (Phi) is 4.94. The van der Waals surface area contributed by atoms with E-state index in [-0.39, 0.29) is 16.5 Å². The van der Waals surface area contributed by atoms with Crippen LogP contribution in [0.15, 0.2) is 58.4 Å². The molecule has 0 atom stereocenters. The fraction of sp³-hybridized carbons (Fsp3) is 0.0625. The van der Waals surface area contributed by atoms with Crippen molar-refractivity contribution in [3.63, 3.8) is 0 Å². The largest absolute Gasteiger partial charge is 0.321 e. The third kappa shape index (κ3) is 4.52. The molecule has 0 radical (unpaired) electrons. The first-order chi connectivity index (χ1) is 12.8. The molecule has 0 saturated heterocycles. The zero-order chi connectivity index (χ0) is 19.4. The Morgan fingerprint density at radius 3 is 2.44 bits per heavy atom. The molecule has 0 spiro atoms. The van der Waals surface area contributed by atoms with Gasteiger partial charge in [-0.2, -0.15) is 5.10 Å². The van der Waals surface area contributed by atoms with E-state index in [1.165, 1.54) is 42.6 Å². The lowest BCUT2D eigenvalue weighted by atomic mass is 10.3. The maximum atomic E-state index is 12.4. The van der Waals surface area contributed by atoms with Gasteiger partial charge in [0.05, 0.1) is 4.90 Å². The van der Waals surface area contributed by atoms with Gasteiger partial charge in [0.1, 0.15) is 5.69 Å². The summed E-state index contributed by atoms with van der Waals surface area (Å²) in [5.41, 5.74) is 0.575. The lowest BCUT2D eigenvalue weighted by Crippen LogP contribution is -2.18. The molecule has 0 aliphatic heterocycles. The fourth-order valence-electron chi connectivity index (χ4n) is 2.06. The van der Waals surface area contributed by atoms with Crippen LogP contribution >= 0.6 is 0 Å². The van der Waals surface area contributed by atoms with E-state index in [9.17, 15) is 18.0 Å². The molecule has 0 saturated carbocycles. The Hall–Kier alpha value is -3.60. The number of rotatable bonds is 5. The number of aromatic amines is 1. The van der Waals surface area contributed by atoms with Gasteiger partial charge in [-0.15, -0.1) is 0 Å². The van der Waals surface area contributed by atoms with Gasteiger partial charge in [0.2, 0.25) is 5.95 Å². The molecule has 0 unspecified atom stereocenters. The van der Waals surface area contributed by atoms with Crippen LogP contribution < -0.4 is 15.6 Å². The highest BCUT2D eigenvalue weighted by Crippen LogP contribution is 2.17. The van der Waals surface area contributed by atoms with Crippen molar-refractivity contribution in [2.75, 3.05) is 10.0 Å². The normalized spacial score (nSPS) is 11.0. The van der Waals surface area contributed by atoms with E-state index in [0.29, 0.717) is 11.4 Å². The van der Waals surface area contributed by atoms with Crippen LogP contribution in [0.1, 0.15) is 16.2 Å². The molecular weight excluding hydrogens is 372 g/mol. The second-order valence-corrected chi connectivity index (χ2v) is 7.09. The molecule has 3 rings (SSSR count). The van der Waals surface area contributed by atoms with Crippen molar-refractivity contribution >= 4 is 27.6 Å². The zero-order valence-corrected chi connectivity index (χ0v) is 14.8. The van der Waals surface area contributed by atoms with E-state index >= 15 is 0 Å². The second-order valence-electron chi connectivity index (χ2n) is 5.41. The monoisotopic (exact) mass is 386 g/mol. The molecule has 10 nitrogen and oxygen atoms in total. The van der Waals surface area contributed by atoms with E-state index in [1.807, 2.05) is 0 Å². The Balaban J connectivity index is 1.73. The van der Waals surface area contributed by atoms with E-state index in [0.717, 1.165) is 0 Å². The van der Waals surface area contributed by atoms with Crippen molar-refractivity contribution in [3.8, 4) is 0 Å². The quantitative estimate of drug-likeness (QED) is 0.591. The molecule has 1 aromatic carbocycles. The van der Waals surface area contributed by atoms with Crippen molar-refractivity contribution in [3.05, 3.63) is 70.4 Å². The van der Waals surface area contributed by atoms with E-state index in [1.54, 1.807) is 13.0 Å². The number of sulfonamides is 1. The van der Waals surface area contributed by atoms with Gasteiger partial charge in [-0.1, -0.05) is 0 Å². The maximum absolute atomic E-state index is 12.4. The molecule has 0 fully saturated rings. The van der Waals surface area contributed by atoms with Gasteiger partial charge in [0.25, 0.3) is 21.5 Å². The first kappa shape index (κ1) is 18.2. The number of benzene rings is 1. The minimum Gasteiger partial charge on any atom is -0.321 e. The summed E-state index contributed by atoms with van der Waals surface area (Å²) in [5, 5.41) is 8.32. The van der Waals surface area contributed by atoms with E-state index < -0.39 is 21.5 Å². The summed E-state index contributed by atoms with van der Waals surface area (Å²) in [4.78, 5) is 30.8. The lowest BCUT2D eigenvalue weighted by Gasteiger charge is -2.08. The van der Waals surface area contributed by atoms with Crippen molar-refractivity contribution in [1.29, 1.82) is 0 Å². The first-order valence-corrected chi connectivity index (χ1v) is 9.11. The van der Waals surface area contributed by atoms with Crippen LogP contribution in [0, 0.1) is 6.92 Å². The van der Waals surface area contributed by atoms with Crippen LogP contribution in [0.3, 0.4) is 0 Å². The highest BCUT2D eigenvalue weighted by Gasteiger charge is 2.16. The molecule has 27 heavy (non-hydrogen) atoms. The van der Waals surface area contributed by atoms with Gasteiger partial charge in [-0.05, 0) is 43.3 Å². The predicted octanol–water partition coefficient (Wildman–Crippen LogP) is 0.921. The molecule has 2 heterocycles. The maximum Gasteiger partial charge on any atom is 0.276 e. The van der Waals surface area contributed by atoms with Crippen LogP contribution in [-0.4, -0.2) is 34.5 Å². The molecule has 1 amide bonds. The molecular formula is C16H14N6O4S. The van der Waals surface area contributed by atoms with Crippen molar-refractivity contribution in [2.24, 2.45) is 0 Å².